The van der Waals surface area contributed by atoms with Crippen molar-refractivity contribution in [3.8, 4) is 11.5 Å². The molecule has 0 saturated heterocycles. The number of ether oxygens (including phenoxy) is 1. The summed E-state index contributed by atoms with van der Waals surface area (Å²) in [5.41, 5.74) is 1.90. The summed E-state index contributed by atoms with van der Waals surface area (Å²) in [5, 5.41) is 11.3. The van der Waals surface area contributed by atoms with Crippen LogP contribution in [0.5, 0.6) is 11.5 Å². The largest absolute Gasteiger partial charge is 0.457 e. The van der Waals surface area contributed by atoms with E-state index < -0.39 is 0 Å². The van der Waals surface area contributed by atoms with Crippen LogP contribution in [-0.2, 0) is 0 Å². The predicted molar refractivity (Wildman–Crippen MR) is 143 cm³/mol. The molecule has 2 heterocycles. The fraction of sp³-hybridized carbons (Fsp3) is 0. The van der Waals surface area contributed by atoms with Crippen LogP contribution >= 0.6 is 0 Å². The third-order valence-electron chi connectivity index (χ3n) is 5.82. The highest BCUT2D eigenvalue weighted by atomic mass is 16.5. The topological polar surface area (TPSA) is 59.1 Å². The third-order valence-corrected chi connectivity index (χ3v) is 5.82. The van der Waals surface area contributed by atoms with Crippen molar-refractivity contribution < 1.29 is 4.74 Å². The maximum atomic E-state index is 6.04. The van der Waals surface area contributed by atoms with E-state index in [4.69, 9.17) is 4.74 Å². The molecule has 0 fully saturated rings. The van der Waals surface area contributed by atoms with Crippen molar-refractivity contribution in [2.45, 2.75) is 0 Å². The predicted octanol–water partition coefficient (Wildman–Crippen LogP) is 8.06. The second-order valence-corrected chi connectivity index (χ2v) is 8.16. The summed E-state index contributed by atoms with van der Waals surface area (Å²) >= 11 is 0. The SMILES string of the molecule is c1ccc2c(Nc3ccc(Oc4ccc(Nc5nccc6ccccc56)cc4)cc3)nccc2c1. The van der Waals surface area contributed by atoms with Crippen LogP contribution in [0.15, 0.2) is 122 Å². The van der Waals surface area contributed by atoms with Gasteiger partial charge in [-0.05, 0) is 71.4 Å². The fourth-order valence-corrected chi connectivity index (χ4v) is 4.06. The molecule has 0 amide bonds. The fourth-order valence-electron chi connectivity index (χ4n) is 4.06. The molecule has 168 valence electrons. The van der Waals surface area contributed by atoms with E-state index in [9.17, 15) is 0 Å². The van der Waals surface area contributed by atoms with Crippen LogP contribution in [0.1, 0.15) is 0 Å². The Bertz CT molecular complexity index is 1480. The molecule has 5 heteroatoms. The molecule has 35 heavy (non-hydrogen) atoms. The summed E-state index contributed by atoms with van der Waals surface area (Å²) in [6.45, 7) is 0. The van der Waals surface area contributed by atoms with Crippen molar-refractivity contribution in [3.63, 3.8) is 0 Å². The van der Waals surface area contributed by atoms with E-state index in [1.165, 1.54) is 0 Å². The summed E-state index contributed by atoms with van der Waals surface area (Å²) < 4.78 is 6.04. The number of nitrogens with one attached hydrogen (secondary N) is 2. The van der Waals surface area contributed by atoms with Gasteiger partial charge in [-0.15, -0.1) is 0 Å². The van der Waals surface area contributed by atoms with Crippen LogP contribution in [0.3, 0.4) is 0 Å². The van der Waals surface area contributed by atoms with Gasteiger partial charge in [0, 0.05) is 34.5 Å². The number of anilines is 4. The molecule has 4 aromatic carbocycles. The Morgan fingerprint density at radius 1 is 0.457 bits per heavy atom. The number of benzene rings is 4. The normalized spacial score (nSPS) is 10.9. The molecule has 0 aliphatic rings. The van der Waals surface area contributed by atoms with Gasteiger partial charge in [0.2, 0.25) is 0 Å². The van der Waals surface area contributed by atoms with Gasteiger partial charge in [0.25, 0.3) is 0 Å². The van der Waals surface area contributed by atoms with E-state index in [1.807, 2.05) is 97.3 Å². The molecule has 0 aliphatic heterocycles. The van der Waals surface area contributed by atoms with E-state index in [0.717, 1.165) is 56.1 Å². The summed E-state index contributed by atoms with van der Waals surface area (Å²) in [6.07, 6.45) is 3.63. The lowest BCUT2D eigenvalue weighted by Gasteiger charge is -2.11. The van der Waals surface area contributed by atoms with Crippen molar-refractivity contribution in [3.05, 3.63) is 122 Å². The Hall–Kier alpha value is -4.90. The molecule has 0 bridgehead atoms. The Balaban J connectivity index is 1.13. The highest BCUT2D eigenvalue weighted by Crippen LogP contribution is 2.29. The maximum absolute atomic E-state index is 6.04. The first kappa shape index (κ1) is 20.7. The van der Waals surface area contributed by atoms with Crippen molar-refractivity contribution >= 4 is 44.6 Å². The molecule has 0 atom stereocenters. The number of rotatable bonds is 6. The third kappa shape index (κ3) is 4.48. The average molecular weight is 455 g/mol. The summed E-state index contributed by atoms with van der Waals surface area (Å²) in [6, 6.07) is 36.1. The minimum absolute atomic E-state index is 0.762. The molecular weight excluding hydrogens is 432 g/mol. The number of hydrogen-bond acceptors (Lipinski definition) is 5. The maximum Gasteiger partial charge on any atom is 0.138 e. The highest BCUT2D eigenvalue weighted by molar-refractivity contribution is 5.94. The zero-order chi connectivity index (χ0) is 23.5. The van der Waals surface area contributed by atoms with Crippen molar-refractivity contribution in [2.75, 3.05) is 10.6 Å². The van der Waals surface area contributed by atoms with Crippen LogP contribution in [0, 0.1) is 0 Å². The van der Waals surface area contributed by atoms with Gasteiger partial charge >= 0.3 is 0 Å². The van der Waals surface area contributed by atoms with Crippen LogP contribution in [0.4, 0.5) is 23.0 Å². The molecule has 0 saturated carbocycles. The molecular formula is C30H22N4O. The first-order valence-electron chi connectivity index (χ1n) is 11.4. The van der Waals surface area contributed by atoms with Crippen molar-refractivity contribution in [1.29, 1.82) is 0 Å². The zero-order valence-corrected chi connectivity index (χ0v) is 18.8. The van der Waals surface area contributed by atoms with E-state index in [-0.39, 0.29) is 0 Å². The summed E-state index contributed by atoms with van der Waals surface area (Å²) in [4.78, 5) is 8.99. The molecule has 6 aromatic rings. The van der Waals surface area contributed by atoms with Gasteiger partial charge < -0.3 is 15.4 Å². The second-order valence-electron chi connectivity index (χ2n) is 8.16. The van der Waals surface area contributed by atoms with E-state index in [2.05, 4.69) is 44.9 Å². The Morgan fingerprint density at radius 2 is 0.886 bits per heavy atom. The van der Waals surface area contributed by atoms with Gasteiger partial charge in [-0.2, -0.15) is 0 Å². The minimum Gasteiger partial charge on any atom is -0.457 e. The van der Waals surface area contributed by atoms with E-state index in [0.29, 0.717) is 0 Å². The number of nitrogens with zero attached hydrogens (tertiary/aromatic N) is 2. The monoisotopic (exact) mass is 454 g/mol. The zero-order valence-electron chi connectivity index (χ0n) is 18.8. The number of hydrogen-bond donors (Lipinski definition) is 2. The van der Waals surface area contributed by atoms with Gasteiger partial charge in [-0.25, -0.2) is 9.97 Å². The highest BCUT2D eigenvalue weighted by Gasteiger charge is 2.05. The van der Waals surface area contributed by atoms with Gasteiger partial charge in [-0.1, -0.05) is 48.5 Å². The van der Waals surface area contributed by atoms with Crippen molar-refractivity contribution in [1.82, 2.24) is 9.97 Å². The lowest BCUT2D eigenvalue weighted by Crippen LogP contribution is -1.95. The minimum atomic E-state index is 0.762. The Kier molecular flexibility index (Phi) is 5.41. The lowest BCUT2D eigenvalue weighted by atomic mass is 10.1. The van der Waals surface area contributed by atoms with Gasteiger partial charge in [0.1, 0.15) is 23.1 Å². The van der Waals surface area contributed by atoms with Gasteiger partial charge in [-0.3, -0.25) is 0 Å². The smallest absolute Gasteiger partial charge is 0.138 e. The lowest BCUT2D eigenvalue weighted by molar-refractivity contribution is 0.483. The number of aromatic nitrogens is 2. The quantitative estimate of drug-likeness (QED) is 0.266. The summed E-state index contributed by atoms with van der Waals surface area (Å²) in [5.74, 6) is 3.19. The first-order valence-corrected chi connectivity index (χ1v) is 11.4. The number of pyridine rings is 2. The average Bonchev–Trinajstić information content (AvgIpc) is 2.91. The molecule has 0 unspecified atom stereocenters. The van der Waals surface area contributed by atoms with Crippen LogP contribution in [0.25, 0.3) is 21.5 Å². The molecule has 2 N–H and O–H groups in total. The Labute approximate surface area is 203 Å². The standard InChI is InChI=1S/C30H22N4O/c1-3-7-27-21(5-1)17-19-31-29(27)33-23-9-13-25(14-10-23)35-26-15-11-24(12-16-26)34-30-28-8-4-2-6-22(28)18-20-32-30/h1-20H,(H,31,33)(H,32,34). The van der Waals surface area contributed by atoms with Crippen LogP contribution in [-0.4, -0.2) is 9.97 Å². The van der Waals surface area contributed by atoms with Crippen LogP contribution in [0.2, 0.25) is 0 Å². The van der Waals surface area contributed by atoms with E-state index >= 15 is 0 Å². The first-order chi connectivity index (χ1) is 17.3. The van der Waals surface area contributed by atoms with Gasteiger partial charge in [0.05, 0.1) is 0 Å². The van der Waals surface area contributed by atoms with Crippen molar-refractivity contribution in [2.24, 2.45) is 0 Å². The Morgan fingerprint density at radius 3 is 1.34 bits per heavy atom. The molecule has 0 spiro atoms. The number of fused-ring (bicyclic) bond motifs is 2. The second kappa shape index (κ2) is 9.15. The molecule has 0 aliphatic carbocycles. The molecule has 2 aromatic heterocycles. The molecule has 6 rings (SSSR count). The van der Waals surface area contributed by atoms with Crippen LogP contribution < -0.4 is 15.4 Å². The van der Waals surface area contributed by atoms with Gasteiger partial charge in [0.15, 0.2) is 0 Å². The molecule has 5 nitrogen and oxygen atoms in total. The van der Waals surface area contributed by atoms with E-state index in [1.54, 1.807) is 0 Å². The summed E-state index contributed by atoms with van der Waals surface area (Å²) in [7, 11) is 0. The molecule has 0 radical (unpaired) electrons.